The molecule has 1 amide bonds. The molecule has 1 saturated heterocycles. The number of nitrogens with one attached hydrogen (secondary N) is 1. The van der Waals surface area contributed by atoms with Gasteiger partial charge in [0.1, 0.15) is 5.54 Å². The number of carbonyl (C=O) groups excluding carboxylic acids is 1. The minimum absolute atomic E-state index is 0.181. The van der Waals surface area contributed by atoms with Crippen LogP contribution in [0.2, 0.25) is 0 Å². The molecule has 1 heterocycles. The summed E-state index contributed by atoms with van der Waals surface area (Å²) in [5, 5.41) is 3.50. The molecular formula is C15H30N4O. The van der Waals surface area contributed by atoms with Crippen LogP contribution in [0, 0.1) is 5.92 Å². The molecule has 1 saturated carbocycles. The molecule has 116 valence electrons. The number of carbonyl (C=O) groups is 1. The lowest BCUT2D eigenvalue weighted by Crippen LogP contribution is -2.67. The Bertz CT molecular complexity index is 356. The predicted octanol–water partition coefficient (Wildman–Crippen LogP) is 0.254. The number of nitrogens with two attached hydrogens (primary N) is 1. The summed E-state index contributed by atoms with van der Waals surface area (Å²) in [6.07, 6.45) is 2.23. The topological polar surface area (TPSA) is 61.6 Å². The second-order valence-electron chi connectivity index (χ2n) is 6.99. The highest BCUT2D eigenvalue weighted by atomic mass is 16.1. The quantitative estimate of drug-likeness (QED) is 0.733. The third-order valence-corrected chi connectivity index (χ3v) is 4.68. The standard InChI is InChI=1S/C15H30N4O/c1-11(2)17-15(14(16)20,13-5-6-13)10-19-8-7-18(4)9-12(19)3/h11-13,17H,5-10H2,1-4H3,(H2,16,20). The van der Waals surface area contributed by atoms with E-state index in [0.29, 0.717) is 12.0 Å². The number of hydrogen-bond donors (Lipinski definition) is 2. The van der Waals surface area contributed by atoms with Gasteiger partial charge in [0.15, 0.2) is 0 Å². The molecule has 0 aromatic carbocycles. The minimum atomic E-state index is -0.543. The van der Waals surface area contributed by atoms with Crippen molar-refractivity contribution in [1.82, 2.24) is 15.1 Å². The molecule has 2 aliphatic rings. The van der Waals surface area contributed by atoms with Crippen LogP contribution in [0.3, 0.4) is 0 Å². The van der Waals surface area contributed by atoms with Gasteiger partial charge in [-0.15, -0.1) is 0 Å². The van der Waals surface area contributed by atoms with E-state index in [2.05, 4.69) is 42.9 Å². The van der Waals surface area contributed by atoms with Gasteiger partial charge in [0, 0.05) is 38.3 Å². The lowest BCUT2D eigenvalue weighted by atomic mass is 9.89. The Kier molecular flexibility index (Phi) is 4.72. The minimum Gasteiger partial charge on any atom is -0.368 e. The largest absolute Gasteiger partial charge is 0.368 e. The van der Waals surface area contributed by atoms with Gasteiger partial charge in [-0.05, 0) is 46.6 Å². The molecule has 0 radical (unpaired) electrons. The smallest absolute Gasteiger partial charge is 0.239 e. The van der Waals surface area contributed by atoms with Crippen molar-refractivity contribution >= 4 is 5.91 Å². The van der Waals surface area contributed by atoms with Crippen LogP contribution in [0.15, 0.2) is 0 Å². The van der Waals surface area contributed by atoms with E-state index in [0.717, 1.165) is 39.0 Å². The molecule has 5 nitrogen and oxygen atoms in total. The van der Waals surface area contributed by atoms with Crippen LogP contribution in [0.1, 0.15) is 33.6 Å². The number of rotatable bonds is 6. The predicted molar refractivity (Wildman–Crippen MR) is 81.5 cm³/mol. The van der Waals surface area contributed by atoms with Gasteiger partial charge in [0.25, 0.3) is 0 Å². The summed E-state index contributed by atoms with van der Waals surface area (Å²) in [6.45, 7) is 10.3. The number of nitrogens with zero attached hydrogens (tertiary/aromatic N) is 2. The molecule has 0 bridgehead atoms. The van der Waals surface area contributed by atoms with Crippen LogP contribution < -0.4 is 11.1 Å². The van der Waals surface area contributed by atoms with Gasteiger partial charge < -0.3 is 10.6 Å². The first-order chi connectivity index (χ1) is 9.35. The summed E-state index contributed by atoms with van der Waals surface area (Å²) in [5.74, 6) is 0.231. The first-order valence-electron chi connectivity index (χ1n) is 7.85. The van der Waals surface area contributed by atoms with E-state index in [1.54, 1.807) is 0 Å². The zero-order valence-electron chi connectivity index (χ0n) is 13.4. The van der Waals surface area contributed by atoms with E-state index < -0.39 is 5.54 Å². The van der Waals surface area contributed by atoms with Gasteiger partial charge in [0.2, 0.25) is 5.91 Å². The lowest BCUT2D eigenvalue weighted by molar-refractivity contribution is -0.127. The van der Waals surface area contributed by atoms with Crippen LogP contribution in [0.4, 0.5) is 0 Å². The Hall–Kier alpha value is -0.650. The highest BCUT2D eigenvalue weighted by Gasteiger charge is 2.51. The molecule has 0 aromatic heterocycles. The fourth-order valence-corrected chi connectivity index (χ4v) is 3.47. The van der Waals surface area contributed by atoms with Crippen molar-refractivity contribution in [3.63, 3.8) is 0 Å². The Labute approximate surface area is 122 Å². The molecule has 5 heteroatoms. The Balaban J connectivity index is 2.12. The average molecular weight is 282 g/mol. The Morgan fingerprint density at radius 2 is 2.05 bits per heavy atom. The molecule has 2 fully saturated rings. The molecule has 1 aliphatic heterocycles. The van der Waals surface area contributed by atoms with Crippen LogP contribution >= 0.6 is 0 Å². The first-order valence-corrected chi connectivity index (χ1v) is 7.85. The van der Waals surface area contributed by atoms with Crippen molar-refractivity contribution < 1.29 is 4.79 Å². The summed E-state index contributed by atoms with van der Waals surface area (Å²) in [7, 11) is 2.16. The van der Waals surface area contributed by atoms with Crippen molar-refractivity contribution in [2.45, 2.75) is 51.2 Å². The SMILES string of the molecule is CC(C)NC(CN1CCN(C)CC1C)(C(N)=O)C1CC1. The van der Waals surface area contributed by atoms with Crippen molar-refractivity contribution in [2.24, 2.45) is 11.7 Å². The van der Waals surface area contributed by atoms with Crippen LogP contribution in [-0.4, -0.2) is 66.6 Å². The normalized spacial score (nSPS) is 28.6. The van der Waals surface area contributed by atoms with Gasteiger partial charge in [-0.2, -0.15) is 0 Å². The van der Waals surface area contributed by atoms with Gasteiger partial charge in [-0.3, -0.25) is 15.0 Å². The second-order valence-corrected chi connectivity index (χ2v) is 6.99. The van der Waals surface area contributed by atoms with Gasteiger partial charge >= 0.3 is 0 Å². The molecule has 2 rings (SSSR count). The summed E-state index contributed by atoms with van der Waals surface area (Å²) in [5.41, 5.74) is 5.27. The molecule has 2 unspecified atom stereocenters. The lowest BCUT2D eigenvalue weighted by Gasteiger charge is -2.44. The number of hydrogen-bond acceptors (Lipinski definition) is 4. The van der Waals surface area contributed by atoms with Crippen molar-refractivity contribution in [2.75, 3.05) is 33.2 Å². The second kappa shape index (κ2) is 6.00. The van der Waals surface area contributed by atoms with E-state index in [1.165, 1.54) is 0 Å². The fraction of sp³-hybridized carbons (Fsp3) is 0.933. The van der Waals surface area contributed by atoms with Crippen LogP contribution in [0.5, 0.6) is 0 Å². The summed E-state index contributed by atoms with van der Waals surface area (Å²) < 4.78 is 0. The molecule has 3 N–H and O–H groups in total. The number of piperazine rings is 1. The molecule has 0 aromatic rings. The highest BCUT2D eigenvalue weighted by Crippen LogP contribution is 2.41. The highest BCUT2D eigenvalue weighted by molar-refractivity contribution is 5.86. The summed E-state index contributed by atoms with van der Waals surface area (Å²) in [4.78, 5) is 17.0. The van der Waals surface area contributed by atoms with Gasteiger partial charge in [-0.1, -0.05) is 0 Å². The molecular weight excluding hydrogens is 252 g/mol. The number of primary amides is 1. The summed E-state index contributed by atoms with van der Waals surface area (Å²) in [6, 6.07) is 0.742. The maximum atomic E-state index is 12.2. The first kappa shape index (κ1) is 15.7. The molecule has 0 spiro atoms. The van der Waals surface area contributed by atoms with E-state index in [1.807, 2.05) is 0 Å². The molecule has 20 heavy (non-hydrogen) atoms. The fourth-order valence-electron chi connectivity index (χ4n) is 3.47. The van der Waals surface area contributed by atoms with Gasteiger partial charge in [0.05, 0.1) is 0 Å². The van der Waals surface area contributed by atoms with Crippen molar-refractivity contribution in [3.8, 4) is 0 Å². The zero-order chi connectivity index (χ0) is 14.9. The summed E-state index contributed by atoms with van der Waals surface area (Å²) >= 11 is 0. The monoisotopic (exact) mass is 282 g/mol. The third kappa shape index (κ3) is 3.32. The van der Waals surface area contributed by atoms with Crippen LogP contribution in [0.25, 0.3) is 0 Å². The van der Waals surface area contributed by atoms with Gasteiger partial charge in [-0.25, -0.2) is 0 Å². The number of amides is 1. The number of likely N-dealkylation sites (N-methyl/N-ethyl adjacent to an activating group) is 1. The van der Waals surface area contributed by atoms with Crippen molar-refractivity contribution in [1.29, 1.82) is 0 Å². The molecule has 2 atom stereocenters. The maximum Gasteiger partial charge on any atom is 0.239 e. The average Bonchev–Trinajstić information content (AvgIpc) is 3.14. The van der Waals surface area contributed by atoms with E-state index in [-0.39, 0.29) is 11.9 Å². The Morgan fingerprint density at radius 3 is 2.50 bits per heavy atom. The Morgan fingerprint density at radius 1 is 1.40 bits per heavy atom. The zero-order valence-corrected chi connectivity index (χ0v) is 13.4. The van der Waals surface area contributed by atoms with E-state index in [4.69, 9.17) is 5.73 Å². The molecule has 1 aliphatic carbocycles. The maximum absolute atomic E-state index is 12.2. The third-order valence-electron chi connectivity index (χ3n) is 4.68. The van der Waals surface area contributed by atoms with Crippen LogP contribution in [-0.2, 0) is 4.79 Å². The van der Waals surface area contributed by atoms with Crippen molar-refractivity contribution in [3.05, 3.63) is 0 Å². The van der Waals surface area contributed by atoms with E-state index in [9.17, 15) is 4.79 Å². The van der Waals surface area contributed by atoms with E-state index >= 15 is 0 Å².